The summed E-state index contributed by atoms with van der Waals surface area (Å²) in [5, 5.41) is 0. The molecule has 2 heteroatoms. The maximum atomic E-state index is 10.3. The van der Waals surface area contributed by atoms with E-state index < -0.39 is 0 Å². The van der Waals surface area contributed by atoms with Crippen molar-refractivity contribution in [3.05, 3.63) is 12.2 Å². The van der Waals surface area contributed by atoms with Crippen LogP contribution in [0.1, 0.15) is 20.3 Å². The Morgan fingerprint density at radius 1 is 1.33 bits per heavy atom. The zero-order valence-electron chi connectivity index (χ0n) is 5.68. The van der Waals surface area contributed by atoms with Crippen LogP contribution in [0.2, 0.25) is 0 Å². The van der Waals surface area contributed by atoms with E-state index in [0.717, 1.165) is 0 Å². The van der Waals surface area contributed by atoms with E-state index in [4.69, 9.17) is 0 Å². The summed E-state index contributed by atoms with van der Waals surface area (Å²) in [6, 6.07) is 0. The number of allylic oxidation sites excluding steroid dienone is 2. The summed E-state index contributed by atoms with van der Waals surface area (Å²) in [4.78, 5) is 20.5. The molecule has 0 spiro atoms. The van der Waals surface area contributed by atoms with Crippen molar-refractivity contribution in [3.63, 3.8) is 0 Å². The maximum absolute atomic E-state index is 10.3. The summed E-state index contributed by atoms with van der Waals surface area (Å²) >= 11 is 0. The van der Waals surface area contributed by atoms with Crippen LogP contribution in [0.4, 0.5) is 0 Å². The third-order valence-corrected chi connectivity index (χ3v) is 0.758. The van der Waals surface area contributed by atoms with Crippen molar-refractivity contribution >= 4 is 11.6 Å². The van der Waals surface area contributed by atoms with Gasteiger partial charge in [-0.05, 0) is 19.9 Å². The number of hydrogen-bond acceptors (Lipinski definition) is 2. The van der Waals surface area contributed by atoms with E-state index in [0.29, 0.717) is 6.42 Å². The number of carbonyl (C=O) groups is 2. The van der Waals surface area contributed by atoms with E-state index in [-0.39, 0.29) is 11.6 Å². The second-order valence-electron chi connectivity index (χ2n) is 1.92. The van der Waals surface area contributed by atoms with Crippen LogP contribution in [0.3, 0.4) is 0 Å². The summed E-state index contributed by atoms with van der Waals surface area (Å²) in [5.41, 5.74) is 0. The van der Waals surface area contributed by atoms with E-state index in [1.54, 1.807) is 6.08 Å². The molecule has 0 aromatic heterocycles. The summed E-state index contributed by atoms with van der Waals surface area (Å²) in [6.07, 6.45) is 3.34. The van der Waals surface area contributed by atoms with Gasteiger partial charge in [0.15, 0.2) is 5.78 Å². The number of rotatable bonds is 3. The number of Topliss-reactive ketones (excluding diaryl/α,β-unsaturated/α-hetero) is 1. The molecule has 0 aliphatic rings. The molecule has 0 rings (SSSR count). The Morgan fingerprint density at radius 3 is 2.22 bits per heavy atom. The van der Waals surface area contributed by atoms with Crippen LogP contribution in [0, 0.1) is 0 Å². The minimum Gasteiger partial charge on any atom is -0.300 e. The lowest BCUT2D eigenvalue weighted by atomic mass is 10.3. The summed E-state index contributed by atoms with van der Waals surface area (Å²) in [5.74, 6) is 0.0590. The van der Waals surface area contributed by atoms with Gasteiger partial charge in [0.2, 0.25) is 0 Å². The van der Waals surface area contributed by atoms with Gasteiger partial charge in [-0.25, -0.2) is 0 Å². The van der Waals surface area contributed by atoms with Crippen LogP contribution in [0.15, 0.2) is 12.2 Å². The van der Waals surface area contributed by atoms with Gasteiger partial charge in [0, 0.05) is 6.42 Å². The van der Waals surface area contributed by atoms with Crippen molar-refractivity contribution in [2.75, 3.05) is 0 Å². The quantitative estimate of drug-likeness (QED) is 0.531. The van der Waals surface area contributed by atoms with Crippen LogP contribution in [-0.4, -0.2) is 11.6 Å². The average Bonchev–Trinajstić information content (AvgIpc) is 1.63. The summed E-state index contributed by atoms with van der Waals surface area (Å²) in [7, 11) is 0. The van der Waals surface area contributed by atoms with Crippen LogP contribution >= 0.6 is 0 Å². The Kier molecular flexibility index (Phi) is 3.60. The molecule has 0 N–H and O–H groups in total. The lowest BCUT2D eigenvalue weighted by Crippen LogP contribution is -1.86. The second-order valence-corrected chi connectivity index (χ2v) is 1.92. The average molecular weight is 126 g/mol. The predicted molar refractivity (Wildman–Crippen MR) is 35.1 cm³/mol. The third-order valence-electron chi connectivity index (χ3n) is 0.758. The summed E-state index contributed by atoms with van der Waals surface area (Å²) in [6.45, 7) is 2.95. The molecule has 0 fully saturated rings. The van der Waals surface area contributed by atoms with Crippen molar-refractivity contribution < 1.29 is 9.59 Å². The van der Waals surface area contributed by atoms with Crippen molar-refractivity contribution in [3.8, 4) is 0 Å². The van der Waals surface area contributed by atoms with Gasteiger partial charge in [-0.2, -0.15) is 0 Å². The highest BCUT2D eigenvalue weighted by Crippen LogP contribution is 1.84. The van der Waals surface area contributed by atoms with Gasteiger partial charge >= 0.3 is 0 Å². The Hall–Kier alpha value is -0.920. The van der Waals surface area contributed by atoms with E-state index in [1.165, 1.54) is 19.9 Å². The standard InChI is InChI=1S/C7H10O2/c1-6(8)4-3-5-7(2)9/h3-4H,5H2,1-2H3/b4-3-. The Balaban J connectivity index is 3.48. The van der Waals surface area contributed by atoms with Crippen molar-refractivity contribution in [1.82, 2.24) is 0 Å². The van der Waals surface area contributed by atoms with Crippen LogP contribution in [0.25, 0.3) is 0 Å². The first-order valence-corrected chi connectivity index (χ1v) is 2.79. The highest BCUT2D eigenvalue weighted by molar-refractivity contribution is 5.88. The van der Waals surface area contributed by atoms with Gasteiger partial charge in [-0.15, -0.1) is 0 Å². The first kappa shape index (κ1) is 8.08. The minimum atomic E-state index is -0.0174. The Bertz CT molecular complexity index is 145. The van der Waals surface area contributed by atoms with Gasteiger partial charge in [-0.1, -0.05) is 6.08 Å². The second kappa shape index (κ2) is 4.01. The lowest BCUT2D eigenvalue weighted by molar-refractivity contribution is -0.116. The summed E-state index contributed by atoms with van der Waals surface area (Å²) < 4.78 is 0. The van der Waals surface area contributed by atoms with E-state index in [2.05, 4.69) is 0 Å². The first-order valence-electron chi connectivity index (χ1n) is 2.79. The van der Waals surface area contributed by atoms with Gasteiger partial charge in [0.05, 0.1) is 0 Å². The zero-order chi connectivity index (χ0) is 7.28. The number of hydrogen-bond donors (Lipinski definition) is 0. The van der Waals surface area contributed by atoms with Crippen LogP contribution in [-0.2, 0) is 9.59 Å². The molecule has 9 heavy (non-hydrogen) atoms. The van der Waals surface area contributed by atoms with E-state index >= 15 is 0 Å². The number of carbonyl (C=O) groups excluding carboxylic acids is 2. The monoisotopic (exact) mass is 126 g/mol. The fourth-order valence-corrected chi connectivity index (χ4v) is 0.391. The highest BCUT2D eigenvalue weighted by atomic mass is 16.1. The molecule has 0 saturated heterocycles. The third kappa shape index (κ3) is 7.08. The molecular formula is C7H10O2. The smallest absolute Gasteiger partial charge is 0.152 e. The molecule has 0 aliphatic heterocycles. The topological polar surface area (TPSA) is 34.1 Å². The normalized spacial score (nSPS) is 10.0. The van der Waals surface area contributed by atoms with Crippen molar-refractivity contribution in [1.29, 1.82) is 0 Å². The molecule has 0 bridgehead atoms. The fraction of sp³-hybridized carbons (Fsp3) is 0.429. The molecule has 0 aromatic carbocycles. The van der Waals surface area contributed by atoms with E-state index in [9.17, 15) is 9.59 Å². The molecule has 0 saturated carbocycles. The molecular weight excluding hydrogens is 116 g/mol. The van der Waals surface area contributed by atoms with Crippen LogP contribution in [0.5, 0.6) is 0 Å². The molecule has 0 amide bonds. The Morgan fingerprint density at radius 2 is 1.89 bits per heavy atom. The predicted octanol–water partition coefficient (Wildman–Crippen LogP) is 1.11. The fourth-order valence-electron chi connectivity index (χ4n) is 0.391. The van der Waals surface area contributed by atoms with Crippen molar-refractivity contribution in [2.24, 2.45) is 0 Å². The molecule has 50 valence electrons. The number of ketones is 2. The van der Waals surface area contributed by atoms with Crippen LogP contribution < -0.4 is 0 Å². The SMILES string of the molecule is CC(=O)/C=C\CC(C)=O. The first-order chi connectivity index (χ1) is 4.13. The van der Waals surface area contributed by atoms with Gasteiger partial charge < -0.3 is 0 Å². The molecule has 0 aromatic rings. The van der Waals surface area contributed by atoms with Gasteiger partial charge in [0.25, 0.3) is 0 Å². The molecule has 0 radical (unpaired) electrons. The minimum absolute atomic E-state index is 0.0174. The largest absolute Gasteiger partial charge is 0.300 e. The molecule has 0 unspecified atom stereocenters. The Labute approximate surface area is 54.6 Å². The van der Waals surface area contributed by atoms with Gasteiger partial charge in [-0.3, -0.25) is 9.59 Å². The van der Waals surface area contributed by atoms with E-state index in [1.807, 2.05) is 0 Å². The molecule has 0 atom stereocenters. The van der Waals surface area contributed by atoms with Gasteiger partial charge in [0.1, 0.15) is 5.78 Å². The maximum Gasteiger partial charge on any atom is 0.152 e. The molecule has 0 heterocycles. The van der Waals surface area contributed by atoms with Crippen molar-refractivity contribution in [2.45, 2.75) is 20.3 Å². The zero-order valence-corrected chi connectivity index (χ0v) is 5.68. The highest BCUT2D eigenvalue weighted by Gasteiger charge is 1.86. The molecule has 2 nitrogen and oxygen atoms in total. The lowest BCUT2D eigenvalue weighted by Gasteiger charge is -1.80. The molecule has 0 aliphatic carbocycles.